The molecular formula is C21H20ClF4N3O2. The highest BCUT2D eigenvalue weighted by Gasteiger charge is 2.37. The smallest absolute Gasteiger partial charge is 0.338 e. The van der Waals surface area contributed by atoms with E-state index in [2.05, 4.69) is 0 Å². The second-order valence-electron chi connectivity index (χ2n) is 7.25. The number of carbonyl (C=O) groups excluding carboxylic acids is 2. The summed E-state index contributed by atoms with van der Waals surface area (Å²) in [6.07, 6.45) is -4.51. The minimum absolute atomic E-state index is 0.0161. The maximum absolute atomic E-state index is 13.5. The van der Waals surface area contributed by atoms with Gasteiger partial charge in [0.15, 0.2) is 0 Å². The first-order valence-electron chi connectivity index (χ1n) is 9.51. The van der Waals surface area contributed by atoms with Crippen molar-refractivity contribution in [1.29, 1.82) is 0 Å². The van der Waals surface area contributed by atoms with Crippen molar-refractivity contribution in [2.75, 3.05) is 26.2 Å². The number of alkyl halides is 3. The number of nitrogens with zero attached hydrogens (tertiary/aromatic N) is 2. The van der Waals surface area contributed by atoms with E-state index < -0.39 is 35.1 Å². The molecular weight excluding hydrogens is 438 g/mol. The fraction of sp³-hybridized carbons (Fsp3) is 0.333. The first-order valence-corrected chi connectivity index (χ1v) is 9.89. The van der Waals surface area contributed by atoms with Crippen LogP contribution in [0.25, 0.3) is 0 Å². The average Bonchev–Trinajstić information content (AvgIpc) is 2.72. The number of rotatable bonds is 4. The molecule has 1 heterocycles. The van der Waals surface area contributed by atoms with Crippen LogP contribution in [0.1, 0.15) is 21.5 Å². The average molecular weight is 458 g/mol. The molecule has 1 saturated heterocycles. The molecule has 0 bridgehead atoms. The van der Waals surface area contributed by atoms with Gasteiger partial charge in [-0.25, -0.2) is 4.39 Å². The predicted octanol–water partition coefficient (Wildman–Crippen LogP) is 3.35. The maximum atomic E-state index is 13.5. The molecule has 0 spiro atoms. The van der Waals surface area contributed by atoms with Gasteiger partial charge in [0, 0.05) is 31.2 Å². The van der Waals surface area contributed by atoms with Crippen LogP contribution < -0.4 is 5.73 Å². The van der Waals surface area contributed by atoms with E-state index in [1.165, 1.54) is 9.80 Å². The zero-order valence-electron chi connectivity index (χ0n) is 16.3. The van der Waals surface area contributed by atoms with Crippen molar-refractivity contribution >= 4 is 23.4 Å². The van der Waals surface area contributed by atoms with Crippen LogP contribution in [0.15, 0.2) is 42.5 Å². The van der Waals surface area contributed by atoms with Crippen LogP contribution in [0.2, 0.25) is 5.02 Å². The Kier molecular flexibility index (Phi) is 6.86. The summed E-state index contributed by atoms with van der Waals surface area (Å²) < 4.78 is 53.1. The monoisotopic (exact) mass is 457 g/mol. The molecule has 1 atom stereocenters. The summed E-state index contributed by atoms with van der Waals surface area (Å²) in [5.41, 5.74) is 4.88. The third-order valence-electron chi connectivity index (χ3n) is 5.06. The molecule has 0 aliphatic carbocycles. The van der Waals surface area contributed by atoms with Gasteiger partial charge in [-0.05, 0) is 42.3 Å². The van der Waals surface area contributed by atoms with E-state index in [4.69, 9.17) is 17.3 Å². The van der Waals surface area contributed by atoms with Crippen LogP contribution >= 0.6 is 11.6 Å². The highest BCUT2D eigenvalue weighted by atomic mass is 35.5. The topological polar surface area (TPSA) is 66.6 Å². The van der Waals surface area contributed by atoms with Gasteiger partial charge in [-0.3, -0.25) is 9.59 Å². The molecule has 5 nitrogen and oxygen atoms in total. The van der Waals surface area contributed by atoms with Crippen LogP contribution in [0.5, 0.6) is 0 Å². The number of nitrogens with two attached hydrogens (primary N) is 1. The number of piperazine rings is 1. The SMILES string of the molecule is N[C@H](Cc1cccc(Cl)c1)C(=O)N1CCN(C(=O)c2cc(F)ccc2C(F)(F)F)CC1. The Morgan fingerprint density at radius 1 is 1.03 bits per heavy atom. The second-order valence-corrected chi connectivity index (χ2v) is 7.68. The first-order chi connectivity index (χ1) is 14.6. The largest absolute Gasteiger partial charge is 0.417 e. The standard InChI is InChI=1S/C21H20ClF4N3O2/c22-14-3-1-2-13(10-14)11-18(27)20(31)29-8-6-28(7-9-29)19(30)16-12-15(23)4-5-17(16)21(24,25)26/h1-5,10,12,18H,6-9,11,27H2/t18-/m1/s1. The number of hydrogen-bond donors (Lipinski definition) is 1. The van der Waals surface area contributed by atoms with E-state index >= 15 is 0 Å². The van der Waals surface area contributed by atoms with Gasteiger partial charge in [-0.2, -0.15) is 13.2 Å². The Bertz CT molecular complexity index is 975. The van der Waals surface area contributed by atoms with Crippen molar-refractivity contribution in [3.05, 3.63) is 70.0 Å². The van der Waals surface area contributed by atoms with Crippen molar-refractivity contribution in [2.45, 2.75) is 18.6 Å². The van der Waals surface area contributed by atoms with E-state index in [-0.39, 0.29) is 38.5 Å². The predicted molar refractivity (Wildman–Crippen MR) is 107 cm³/mol. The van der Waals surface area contributed by atoms with Crippen LogP contribution in [0.3, 0.4) is 0 Å². The third-order valence-corrected chi connectivity index (χ3v) is 5.29. The quantitative estimate of drug-likeness (QED) is 0.716. The number of benzene rings is 2. The molecule has 2 aromatic rings. The van der Waals surface area contributed by atoms with Crippen molar-refractivity contribution in [2.24, 2.45) is 5.73 Å². The zero-order valence-corrected chi connectivity index (χ0v) is 17.1. The van der Waals surface area contributed by atoms with Crippen LogP contribution in [-0.4, -0.2) is 53.8 Å². The summed E-state index contributed by atoms with van der Waals surface area (Å²) in [4.78, 5) is 27.9. The number of amides is 2. The van der Waals surface area contributed by atoms with Gasteiger partial charge in [-0.15, -0.1) is 0 Å². The van der Waals surface area contributed by atoms with E-state index in [1.807, 2.05) is 0 Å². The molecule has 0 saturated carbocycles. The van der Waals surface area contributed by atoms with Gasteiger partial charge in [-0.1, -0.05) is 23.7 Å². The van der Waals surface area contributed by atoms with Crippen molar-refractivity contribution in [3.63, 3.8) is 0 Å². The minimum Gasteiger partial charge on any atom is -0.338 e. The van der Waals surface area contributed by atoms with Gasteiger partial charge < -0.3 is 15.5 Å². The van der Waals surface area contributed by atoms with Crippen LogP contribution in [0.4, 0.5) is 17.6 Å². The van der Waals surface area contributed by atoms with E-state index in [0.717, 1.165) is 5.56 Å². The Morgan fingerprint density at radius 2 is 1.68 bits per heavy atom. The summed E-state index contributed by atoms with van der Waals surface area (Å²) in [6.45, 7) is 0.263. The molecule has 1 aliphatic rings. The molecule has 1 fully saturated rings. The Morgan fingerprint density at radius 3 is 2.29 bits per heavy atom. The third kappa shape index (κ3) is 5.54. The summed E-state index contributed by atoms with van der Waals surface area (Å²) in [6, 6.07) is 7.95. The maximum Gasteiger partial charge on any atom is 0.417 e. The molecule has 31 heavy (non-hydrogen) atoms. The Balaban J connectivity index is 1.63. The lowest BCUT2D eigenvalue weighted by Gasteiger charge is -2.36. The molecule has 166 valence electrons. The molecule has 2 aromatic carbocycles. The normalized spacial score (nSPS) is 15.7. The fourth-order valence-electron chi connectivity index (χ4n) is 3.48. The zero-order chi connectivity index (χ0) is 22.8. The molecule has 0 aromatic heterocycles. The van der Waals surface area contributed by atoms with Crippen molar-refractivity contribution < 1.29 is 27.2 Å². The molecule has 1 aliphatic heterocycles. The van der Waals surface area contributed by atoms with Crippen molar-refractivity contribution in [3.8, 4) is 0 Å². The number of carbonyl (C=O) groups is 2. The molecule has 0 radical (unpaired) electrons. The molecule has 2 N–H and O–H groups in total. The number of hydrogen-bond acceptors (Lipinski definition) is 3. The lowest BCUT2D eigenvalue weighted by molar-refractivity contribution is -0.138. The van der Waals surface area contributed by atoms with Crippen LogP contribution in [0, 0.1) is 5.82 Å². The van der Waals surface area contributed by atoms with Crippen molar-refractivity contribution in [1.82, 2.24) is 9.80 Å². The molecule has 3 rings (SSSR count). The molecule has 2 amide bonds. The fourth-order valence-corrected chi connectivity index (χ4v) is 3.69. The lowest BCUT2D eigenvalue weighted by Crippen LogP contribution is -2.54. The minimum atomic E-state index is -4.79. The molecule has 10 heteroatoms. The summed E-state index contributed by atoms with van der Waals surface area (Å²) in [5.74, 6) is -2.19. The Hall–Kier alpha value is -2.65. The van der Waals surface area contributed by atoms with Gasteiger partial charge >= 0.3 is 6.18 Å². The highest BCUT2D eigenvalue weighted by molar-refractivity contribution is 6.30. The van der Waals surface area contributed by atoms with Gasteiger partial charge in [0.2, 0.25) is 5.91 Å². The summed E-state index contributed by atoms with van der Waals surface area (Å²) in [5, 5.41) is 0.528. The summed E-state index contributed by atoms with van der Waals surface area (Å²) in [7, 11) is 0. The van der Waals surface area contributed by atoms with Gasteiger partial charge in [0.05, 0.1) is 17.2 Å². The highest BCUT2D eigenvalue weighted by Crippen LogP contribution is 2.33. The number of halogens is 5. The molecule has 0 unspecified atom stereocenters. The first kappa shape index (κ1) is 23.0. The van der Waals surface area contributed by atoms with E-state index in [0.29, 0.717) is 23.2 Å². The summed E-state index contributed by atoms with van der Waals surface area (Å²) >= 11 is 5.93. The van der Waals surface area contributed by atoms with Gasteiger partial charge in [0.25, 0.3) is 5.91 Å². The van der Waals surface area contributed by atoms with E-state index in [1.54, 1.807) is 24.3 Å². The second kappa shape index (κ2) is 9.23. The van der Waals surface area contributed by atoms with Crippen LogP contribution in [-0.2, 0) is 17.4 Å². The van der Waals surface area contributed by atoms with Gasteiger partial charge in [0.1, 0.15) is 5.82 Å². The Labute approximate surface area is 181 Å². The lowest BCUT2D eigenvalue weighted by atomic mass is 10.0. The van der Waals surface area contributed by atoms with E-state index in [9.17, 15) is 27.2 Å².